The summed E-state index contributed by atoms with van der Waals surface area (Å²) < 4.78 is 1.22. The number of amides is 1. The molecule has 0 atom stereocenters. The Kier molecular flexibility index (Phi) is 2.55. The Balaban J connectivity index is 1.82. The molecule has 1 aromatic carbocycles. The van der Waals surface area contributed by atoms with Crippen LogP contribution >= 0.6 is 0 Å². The van der Waals surface area contributed by atoms with Crippen LogP contribution in [0.25, 0.3) is 0 Å². The SMILES string of the molecule is Cc1cc(N)n(C(=O)NC2(c3ccccc3)CC2)n1. The lowest BCUT2D eigenvalue weighted by Gasteiger charge is -2.17. The normalized spacial score (nSPS) is 16.1. The number of nitrogens with zero attached hydrogens (tertiary/aromatic N) is 2. The average molecular weight is 256 g/mol. The van der Waals surface area contributed by atoms with Gasteiger partial charge >= 0.3 is 6.03 Å². The second-order valence-electron chi connectivity index (χ2n) is 5.00. The van der Waals surface area contributed by atoms with Crippen LogP contribution in [0.1, 0.15) is 24.1 Å². The summed E-state index contributed by atoms with van der Waals surface area (Å²) in [7, 11) is 0. The highest BCUT2D eigenvalue weighted by Crippen LogP contribution is 2.45. The molecule has 3 N–H and O–H groups in total. The minimum Gasteiger partial charge on any atom is -0.383 e. The minimum absolute atomic E-state index is 0.245. The lowest BCUT2D eigenvalue weighted by Crippen LogP contribution is -2.38. The van der Waals surface area contributed by atoms with E-state index in [4.69, 9.17) is 5.73 Å². The fourth-order valence-corrected chi connectivity index (χ4v) is 2.31. The number of aromatic nitrogens is 2. The van der Waals surface area contributed by atoms with Crippen LogP contribution in [0.4, 0.5) is 10.6 Å². The van der Waals surface area contributed by atoms with Crippen molar-refractivity contribution in [3.63, 3.8) is 0 Å². The molecule has 1 saturated carbocycles. The first-order valence-electron chi connectivity index (χ1n) is 6.31. The van der Waals surface area contributed by atoms with Crippen LogP contribution in [0, 0.1) is 6.92 Å². The van der Waals surface area contributed by atoms with E-state index in [2.05, 4.69) is 10.4 Å². The first-order valence-corrected chi connectivity index (χ1v) is 6.31. The van der Waals surface area contributed by atoms with E-state index in [0.717, 1.165) is 24.1 Å². The van der Waals surface area contributed by atoms with Crippen molar-refractivity contribution in [2.24, 2.45) is 0 Å². The van der Waals surface area contributed by atoms with Gasteiger partial charge in [-0.15, -0.1) is 0 Å². The Morgan fingerprint density at radius 2 is 2.05 bits per heavy atom. The monoisotopic (exact) mass is 256 g/mol. The van der Waals surface area contributed by atoms with E-state index >= 15 is 0 Å². The zero-order valence-electron chi connectivity index (χ0n) is 10.8. The standard InChI is InChI=1S/C14H16N4O/c1-10-9-12(15)18(17-10)13(19)16-14(7-8-14)11-5-3-2-4-6-11/h2-6,9H,7-8,15H2,1H3,(H,16,19). The summed E-state index contributed by atoms with van der Waals surface area (Å²) in [5.74, 6) is 0.360. The first-order chi connectivity index (χ1) is 9.11. The van der Waals surface area contributed by atoms with Gasteiger partial charge in [-0.25, -0.2) is 4.79 Å². The highest BCUT2D eigenvalue weighted by Gasteiger charge is 2.46. The maximum Gasteiger partial charge on any atom is 0.344 e. The van der Waals surface area contributed by atoms with E-state index < -0.39 is 0 Å². The Morgan fingerprint density at radius 3 is 2.58 bits per heavy atom. The molecular weight excluding hydrogens is 240 g/mol. The van der Waals surface area contributed by atoms with Crippen LogP contribution in [0.2, 0.25) is 0 Å². The molecule has 98 valence electrons. The molecule has 0 radical (unpaired) electrons. The van der Waals surface area contributed by atoms with Crippen LogP contribution in [-0.4, -0.2) is 15.8 Å². The van der Waals surface area contributed by atoms with Crippen LogP contribution in [0.3, 0.4) is 0 Å². The number of nitrogens with two attached hydrogens (primary N) is 1. The summed E-state index contributed by atoms with van der Waals surface area (Å²) in [6.07, 6.45) is 1.89. The number of hydrogen-bond acceptors (Lipinski definition) is 3. The minimum atomic E-state index is -0.271. The van der Waals surface area contributed by atoms with Crippen molar-refractivity contribution in [3.05, 3.63) is 47.7 Å². The fraction of sp³-hybridized carbons (Fsp3) is 0.286. The third-order valence-electron chi connectivity index (χ3n) is 3.47. The second-order valence-corrected chi connectivity index (χ2v) is 5.00. The van der Waals surface area contributed by atoms with E-state index in [-0.39, 0.29) is 11.6 Å². The van der Waals surface area contributed by atoms with Crippen LogP contribution in [0.15, 0.2) is 36.4 Å². The molecule has 0 bridgehead atoms. The highest BCUT2D eigenvalue weighted by atomic mass is 16.2. The molecule has 1 amide bonds. The summed E-state index contributed by atoms with van der Waals surface area (Å²) in [4.78, 5) is 12.2. The third kappa shape index (κ3) is 2.07. The third-order valence-corrected chi connectivity index (χ3v) is 3.47. The van der Waals surface area contributed by atoms with Gasteiger partial charge in [-0.05, 0) is 25.3 Å². The van der Waals surface area contributed by atoms with Gasteiger partial charge in [-0.2, -0.15) is 9.78 Å². The number of aryl methyl sites for hydroxylation is 1. The molecule has 0 unspecified atom stereocenters. The van der Waals surface area contributed by atoms with Crippen molar-refractivity contribution < 1.29 is 4.79 Å². The van der Waals surface area contributed by atoms with Gasteiger partial charge < -0.3 is 11.1 Å². The molecule has 1 aromatic heterocycles. The maximum atomic E-state index is 12.2. The van der Waals surface area contributed by atoms with Crippen LogP contribution in [0.5, 0.6) is 0 Å². The van der Waals surface area contributed by atoms with Crippen LogP contribution < -0.4 is 11.1 Å². The Labute approximate surface area is 111 Å². The topological polar surface area (TPSA) is 72.9 Å². The van der Waals surface area contributed by atoms with Gasteiger partial charge in [0.25, 0.3) is 0 Å². The Hall–Kier alpha value is -2.30. The van der Waals surface area contributed by atoms with E-state index in [9.17, 15) is 4.79 Å². The summed E-state index contributed by atoms with van der Waals surface area (Å²) in [5, 5.41) is 7.13. The summed E-state index contributed by atoms with van der Waals surface area (Å²) >= 11 is 0. The molecule has 5 heteroatoms. The van der Waals surface area contributed by atoms with Crippen molar-refractivity contribution in [1.82, 2.24) is 15.1 Å². The summed E-state index contributed by atoms with van der Waals surface area (Å²) in [5.41, 5.74) is 7.38. The summed E-state index contributed by atoms with van der Waals surface area (Å²) in [6, 6.07) is 11.4. The molecular formula is C14H16N4O. The van der Waals surface area contributed by atoms with Gasteiger partial charge in [0.2, 0.25) is 0 Å². The number of rotatable bonds is 2. The molecule has 0 saturated heterocycles. The molecule has 1 heterocycles. The van der Waals surface area contributed by atoms with Crippen molar-refractivity contribution in [2.75, 3.05) is 5.73 Å². The molecule has 1 fully saturated rings. The highest BCUT2D eigenvalue weighted by molar-refractivity contribution is 5.80. The molecule has 1 aliphatic rings. The fourth-order valence-electron chi connectivity index (χ4n) is 2.31. The van der Waals surface area contributed by atoms with E-state index in [0.29, 0.717) is 5.82 Å². The summed E-state index contributed by atoms with van der Waals surface area (Å²) in [6.45, 7) is 1.81. The Bertz CT molecular complexity index is 614. The molecule has 2 aromatic rings. The zero-order chi connectivity index (χ0) is 13.5. The number of anilines is 1. The van der Waals surface area contributed by atoms with Gasteiger partial charge in [0, 0.05) is 6.07 Å². The lowest BCUT2D eigenvalue weighted by molar-refractivity contribution is 0.235. The number of carbonyl (C=O) groups is 1. The first kappa shape index (κ1) is 11.8. The smallest absolute Gasteiger partial charge is 0.344 e. The van der Waals surface area contributed by atoms with Gasteiger partial charge in [0.05, 0.1) is 11.2 Å². The van der Waals surface area contributed by atoms with Crippen molar-refractivity contribution in [2.45, 2.75) is 25.3 Å². The number of nitrogens with one attached hydrogen (secondary N) is 1. The molecule has 0 aliphatic heterocycles. The number of nitrogen functional groups attached to an aromatic ring is 1. The molecule has 0 spiro atoms. The number of benzene rings is 1. The maximum absolute atomic E-state index is 12.2. The molecule has 3 rings (SSSR count). The van der Waals surface area contributed by atoms with E-state index in [1.54, 1.807) is 6.07 Å². The molecule has 1 aliphatic carbocycles. The quantitative estimate of drug-likeness (QED) is 0.863. The second kappa shape index (κ2) is 4.12. The zero-order valence-corrected chi connectivity index (χ0v) is 10.8. The van der Waals surface area contributed by atoms with Crippen molar-refractivity contribution in [1.29, 1.82) is 0 Å². The van der Waals surface area contributed by atoms with Gasteiger partial charge in [-0.1, -0.05) is 30.3 Å². The van der Waals surface area contributed by atoms with Gasteiger partial charge in [0.1, 0.15) is 5.82 Å². The van der Waals surface area contributed by atoms with Crippen molar-refractivity contribution >= 4 is 11.8 Å². The van der Waals surface area contributed by atoms with Crippen LogP contribution in [-0.2, 0) is 5.54 Å². The Morgan fingerprint density at radius 1 is 1.37 bits per heavy atom. The predicted octanol–water partition coefficient (Wildman–Crippen LogP) is 2.02. The number of hydrogen-bond donors (Lipinski definition) is 2. The molecule has 5 nitrogen and oxygen atoms in total. The lowest BCUT2D eigenvalue weighted by atomic mass is 10.1. The number of carbonyl (C=O) groups excluding carboxylic acids is 1. The van der Waals surface area contributed by atoms with E-state index in [1.165, 1.54) is 4.68 Å². The van der Waals surface area contributed by atoms with E-state index in [1.807, 2.05) is 37.3 Å². The predicted molar refractivity (Wildman–Crippen MR) is 72.7 cm³/mol. The van der Waals surface area contributed by atoms with Gasteiger partial charge in [0.15, 0.2) is 0 Å². The molecule has 19 heavy (non-hydrogen) atoms. The average Bonchev–Trinajstić information content (AvgIpc) is 3.09. The van der Waals surface area contributed by atoms with Crippen molar-refractivity contribution in [3.8, 4) is 0 Å². The van der Waals surface area contributed by atoms with Gasteiger partial charge in [-0.3, -0.25) is 0 Å². The largest absolute Gasteiger partial charge is 0.383 e.